The van der Waals surface area contributed by atoms with Crippen LogP contribution in [0.25, 0.3) is 66.9 Å². The van der Waals surface area contributed by atoms with Crippen molar-refractivity contribution in [3.05, 3.63) is 294 Å². The maximum Gasteiger partial charge on any atom is 0.231 e. The molecule has 0 spiro atoms. The number of ether oxygens (including phenoxy) is 5. The van der Waals surface area contributed by atoms with Crippen molar-refractivity contribution in [1.29, 1.82) is 21.0 Å². The van der Waals surface area contributed by atoms with Crippen molar-refractivity contribution in [1.82, 2.24) is 39.9 Å². The van der Waals surface area contributed by atoms with E-state index >= 15 is 0 Å². The Bertz CT molecular complexity index is 7690. The van der Waals surface area contributed by atoms with E-state index in [4.69, 9.17) is 98.3 Å². The molecule has 3 saturated carbocycles. The van der Waals surface area contributed by atoms with E-state index < -0.39 is 56.2 Å². The first-order valence-electron chi connectivity index (χ1n) is 46.3. The summed E-state index contributed by atoms with van der Waals surface area (Å²) in [5.41, 5.74) is 15.1. The second-order valence-electron chi connectivity index (χ2n) is 38.1. The molecule has 0 amide bonds. The lowest BCUT2D eigenvalue weighted by Gasteiger charge is -2.70. The van der Waals surface area contributed by atoms with Gasteiger partial charge in [-0.25, -0.2) is 73.5 Å². The third-order valence-electron chi connectivity index (χ3n) is 25.5. The summed E-state index contributed by atoms with van der Waals surface area (Å²) in [6.07, 6.45) is 16.3. The van der Waals surface area contributed by atoms with Crippen LogP contribution in [0.1, 0.15) is 175 Å². The van der Waals surface area contributed by atoms with Gasteiger partial charge in [0, 0.05) is 67.8 Å². The van der Waals surface area contributed by atoms with Crippen molar-refractivity contribution in [3.8, 4) is 86.8 Å². The SMILES string of the molecule is CC(C)(c1ccc(-c2ccc3c(NS(C)(=O)=O)nccc3n2)cc1)c1cc(Cl)c(OCCCl)c(C#N)c1.CC(C)(c1ccc(-c2cnc3c(NS(C)(=O)=O)nccc3n2)cc1)c1cc(Cl)c(OCCCl)c(C#N)c1.CCCOc1c(Cl)cc(C(C)(C)c2ccc(-c3cnc4nc(NS(C)(=O)=O)ccc4n3)cc2)cc1C#N.CCCOc1c(Cl)cc(C(C)(C)c2ccc(OCC34CC(CCS(C)(=O)=O)(C3)C4)cc2)cc1C#N. The van der Waals surface area contributed by atoms with Crippen LogP contribution in [0.3, 0.4) is 0 Å². The number of alkyl halides is 2. The summed E-state index contributed by atoms with van der Waals surface area (Å²) in [5, 5.41) is 40.8. The number of nitriles is 4. The Hall–Kier alpha value is -12.8. The summed E-state index contributed by atoms with van der Waals surface area (Å²) < 4.78 is 128. The lowest BCUT2D eigenvalue weighted by atomic mass is 9.35. The van der Waals surface area contributed by atoms with Crippen LogP contribution >= 0.6 is 69.6 Å². The Morgan fingerprint density at radius 1 is 0.377 bits per heavy atom. The van der Waals surface area contributed by atoms with Gasteiger partial charge < -0.3 is 23.7 Å². The third kappa shape index (κ3) is 26.6. The minimum atomic E-state index is -3.51. The van der Waals surface area contributed by atoms with Crippen molar-refractivity contribution in [3.63, 3.8) is 0 Å². The molecule has 2 bridgehead atoms. The highest BCUT2D eigenvalue weighted by molar-refractivity contribution is 7.92. The van der Waals surface area contributed by atoms with Gasteiger partial charge in [-0.1, -0.05) is 201 Å². The lowest BCUT2D eigenvalue weighted by Crippen LogP contribution is -2.64. The highest BCUT2D eigenvalue weighted by atomic mass is 35.5. The molecule has 0 saturated heterocycles. The molecule has 6 heterocycles. The quantitative estimate of drug-likeness (QED) is 0.0311. The van der Waals surface area contributed by atoms with Gasteiger partial charge in [0.1, 0.15) is 75.7 Å². The maximum atomic E-state index is 11.7. The van der Waals surface area contributed by atoms with Gasteiger partial charge in [0.2, 0.25) is 30.1 Å². The summed E-state index contributed by atoms with van der Waals surface area (Å²) >= 11 is 37.4. The number of pyridine rings is 4. The fourth-order valence-electron chi connectivity index (χ4n) is 17.6. The predicted octanol–water partition coefficient (Wildman–Crippen LogP) is 23.7. The van der Waals surface area contributed by atoms with E-state index in [1.54, 1.807) is 54.9 Å². The van der Waals surface area contributed by atoms with Crippen LogP contribution in [-0.2, 0) is 61.6 Å². The van der Waals surface area contributed by atoms with Gasteiger partial charge in [-0.15, -0.1) is 23.2 Å². The number of fused-ring (bicyclic) bond motifs is 3. The standard InChI is InChI=1S/C28H34ClNO4S.C27H24Cl2N4O3S.C27H26ClN5O3S.C26H23Cl2N5O3S/c1-5-11-33-25-20(15-30)13-22(14-24(25)29)26(2,3)21-6-8-23(9-7-21)34-19-28-16-27(17-28,18-28)10-12-35(4,31)32;1-27(2,20-14-18(16-30)25(22(29)15-20)36-13-11-28)19-6-4-17(5-7-19)23-9-8-21-24(32-23)10-12-31-26(21)33-37(3,34)35;1-5-12-36-25-18(15-29)13-20(14-21(25)28)27(2,3)19-8-6-17(7-9-19)23-16-30-26-22(31-23)10-11-24(32-26)33-37(4,34)35;1-26(2,19-12-17(14-29)24(20(28)13-19)36-11-9-27)18-6-4-16(5-7-18)22-15-31-23-21(32-22)8-10-30-25(23)33-37(3,34)35/h6-9,13-14H,5,10-12,16-19H2,1-4H3;4-10,12,14-15H,11,13H2,1-3H3,(H,31,33);6-11,13-14,16H,5,12H2,1-4H3,(H,30,32,33);4-8,10,12-13,15H,9,11H2,1-3H3,(H,30,33). The van der Waals surface area contributed by atoms with E-state index in [-0.39, 0.29) is 58.5 Å². The molecule has 28 nitrogen and oxygen atoms in total. The molecule has 6 aromatic heterocycles. The fourth-order valence-corrected chi connectivity index (χ4v) is 21.2. The molecule has 14 aromatic rings. The molecule has 38 heteroatoms. The number of aromatic nitrogens is 8. The first-order chi connectivity index (χ1) is 69.0. The van der Waals surface area contributed by atoms with Gasteiger partial charge in [0.05, 0.1) is 139 Å². The number of benzene rings is 8. The molecule has 0 unspecified atom stereocenters. The van der Waals surface area contributed by atoms with Crippen LogP contribution in [0.5, 0.6) is 28.7 Å². The van der Waals surface area contributed by atoms with E-state index in [0.717, 1.165) is 130 Å². The predicted molar refractivity (Wildman–Crippen MR) is 578 cm³/mol. The molecule has 3 fully saturated rings. The summed E-state index contributed by atoms with van der Waals surface area (Å²) in [4.78, 5) is 35.1. The minimum Gasteiger partial charge on any atom is -0.493 e. The second kappa shape index (κ2) is 45.7. The Morgan fingerprint density at radius 3 is 1.13 bits per heavy atom. The van der Waals surface area contributed by atoms with Gasteiger partial charge in [0.25, 0.3) is 0 Å². The highest BCUT2D eigenvalue weighted by Gasteiger charge is 2.67. The van der Waals surface area contributed by atoms with Crippen LogP contribution in [0, 0.1) is 56.2 Å². The van der Waals surface area contributed by atoms with Gasteiger partial charge in [0.15, 0.2) is 34.5 Å². The Morgan fingerprint density at radius 2 is 0.740 bits per heavy atom. The van der Waals surface area contributed by atoms with Crippen molar-refractivity contribution < 1.29 is 57.4 Å². The van der Waals surface area contributed by atoms with Gasteiger partial charge >= 0.3 is 0 Å². The number of rotatable bonds is 35. The van der Waals surface area contributed by atoms with E-state index in [0.29, 0.717) is 136 Å². The summed E-state index contributed by atoms with van der Waals surface area (Å²) in [6.45, 7) is 22.8. The molecule has 758 valence electrons. The number of hydrogen-bond donors (Lipinski definition) is 3. The normalized spacial score (nSPS) is 14.5. The molecule has 0 aliphatic heterocycles. The number of anilines is 3. The first-order valence-corrected chi connectivity index (χ1v) is 56.6. The van der Waals surface area contributed by atoms with Crippen molar-refractivity contribution >= 4 is 160 Å². The van der Waals surface area contributed by atoms with Crippen LogP contribution < -0.4 is 37.9 Å². The monoisotopic (exact) mass is 2160 g/mol. The molecule has 0 atom stereocenters. The van der Waals surface area contributed by atoms with Crippen LogP contribution in [0.2, 0.25) is 20.1 Å². The van der Waals surface area contributed by atoms with Gasteiger partial charge in [-0.2, -0.15) is 21.0 Å². The van der Waals surface area contributed by atoms with Crippen LogP contribution in [0.4, 0.5) is 17.5 Å². The number of halogens is 6. The molecular formula is C108H107Cl6N15O13S4. The van der Waals surface area contributed by atoms with E-state index in [2.05, 4.69) is 127 Å². The molecule has 146 heavy (non-hydrogen) atoms. The fraction of sp³-hybridized carbons (Fsp3) is 0.315. The largest absolute Gasteiger partial charge is 0.493 e. The van der Waals surface area contributed by atoms with Crippen molar-refractivity contribution in [2.45, 2.75) is 129 Å². The maximum absolute atomic E-state index is 11.7. The number of sulfone groups is 1. The van der Waals surface area contributed by atoms with Gasteiger partial charge in [-0.05, 0) is 186 Å². The van der Waals surface area contributed by atoms with E-state index in [1.165, 1.54) is 18.6 Å². The highest BCUT2D eigenvalue weighted by Crippen LogP contribution is 2.75. The molecule has 3 N–H and O–H groups in total. The van der Waals surface area contributed by atoms with Crippen LogP contribution in [0.15, 0.2) is 207 Å². The average molecular weight is 2160 g/mol. The summed E-state index contributed by atoms with van der Waals surface area (Å²) in [5.74, 6) is 3.81. The summed E-state index contributed by atoms with van der Waals surface area (Å²) in [7, 11) is -13.3. The Kier molecular flexibility index (Phi) is 34.5. The number of sulfonamides is 3. The number of nitrogens with zero attached hydrogens (tertiary/aromatic N) is 12. The Labute approximate surface area is 881 Å². The molecule has 3 aliphatic rings. The second-order valence-corrected chi connectivity index (χ2v) is 48.0. The smallest absolute Gasteiger partial charge is 0.231 e. The molecule has 17 rings (SSSR count). The zero-order valence-electron chi connectivity index (χ0n) is 82.6. The topological polar surface area (TPSA) is 417 Å². The van der Waals surface area contributed by atoms with Crippen LogP contribution in [-0.4, -0.2) is 149 Å². The first kappa shape index (κ1) is 110. The van der Waals surface area contributed by atoms with Gasteiger partial charge in [-0.3, -0.25) is 14.2 Å². The zero-order chi connectivity index (χ0) is 106. The van der Waals surface area contributed by atoms with Crippen molar-refractivity contribution in [2.24, 2.45) is 10.8 Å². The lowest BCUT2D eigenvalue weighted by molar-refractivity contribution is -0.219. The molecule has 0 radical (unpaired) electrons. The molecule has 8 aromatic carbocycles. The number of nitrogens with one attached hydrogen (secondary N) is 3. The minimum absolute atomic E-state index is 0.130. The van der Waals surface area contributed by atoms with E-state index in [9.17, 15) is 54.7 Å². The Balaban J connectivity index is 0.000000163. The van der Waals surface area contributed by atoms with E-state index in [1.807, 2.05) is 155 Å². The average Bonchev–Trinajstić information content (AvgIpc) is 0.681. The molecule has 3 aliphatic carbocycles. The zero-order valence-corrected chi connectivity index (χ0v) is 90.4. The molecular weight excluding hydrogens is 2060 g/mol. The summed E-state index contributed by atoms with van der Waals surface area (Å²) in [6, 6.07) is 65.6. The number of hydrogen-bond acceptors (Lipinski definition) is 25. The van der Waals surface area contributed by atoms with Crippen molar-refractivity contribution in [2.75, 3.05) is 89.7 Å². The third-order valence-corrected chi connectivity index (χ3v) is 29.6.